The van der Waals surface area contributed by atoms with E-state index in [0.717, 1.165) is 96.8 Å². The van der Waals surface area contributed by atoms with Crippen LogP contribution in [0.4, 0.5) is 0 Å². The number of carbonyl (C=O) groups is 3. The van der Waals surface area contributed by atoms with E-state index in [2.05, 4.69) is 0 Å². The highest BCUT2D eigenvalue weighted by Gasteiger charge is 2.50. The van der Waals surface area contributed by atoms with E-state index in [4.69, 9.17) is 43.0 Å². The zero-order chi connectivity index (χ0) is 52.5. The highest BCUT2D eigenvalue weighted by Crippen LogP contribution is 2.31. The first-order valence-corrected chi connectivity index (χ1v) is 26.3. The lowest BCUT2D eigenvalue weighted by atomic mass is 9.95. The number of hydrogen-bond donors (Lipinski definition) is 10. The molecular formula is C50H90O21. The Bertz CT molecular complexity index is 1460. The summed E-state index contributed by atoms with van der Waals surface area (Å²) in [5.74, 6) is -2.44. The molecule has 0 aliphatic carbocycles. The summed E-state index contributed by atoms with van der Waals surface area (Å²) in [5, 5.41) is 105. The van der Waals surface area contributed by atoms with E-state index in [1.54, 1.807) is 0 Å². The average Bonchev–Trinajstić information content (AvgIpc) is 3.32. The predicted molar refractivity (Wildman–Crippen MR) is 253 cm³/mol. The number of carboxylic acid groups (broad SMARTS) is 1. The van der Waals surface area contributed by atoms with Crippen LogP contribution in [-0.4, -0.2) is 200 Å². The maximum absolute atomic E-state index is 12.2. The van der Waals surface area contributed by atoms with E-state index < -0.39 is 135 Å². The molecule has 17 atom stereocenters. The SMILES string of the molecule is CCCCC(CCC[C@H](O)[C@@H](O)CCCCCCCCCCCCCC[C@@H](O)C(=O)O)OC1OC[C@H](O)[C@@H](O)[C@@H]1OC1OC[C@H](OC(C)=O)[C@@H](O)[C@@H]1OCC1O[C@@H](COC(=O)CC(C)C)[C@H](O)[C@@H](O)[C@@H]1O. The molecule has 71 heavy (non-hydrogen) atoms. The number of carboxylic acids is 1. The lowest BCUT2D eigenvalue weighted by Gasteiger charge is -2.45. The van der Waals surface area contributed by atoms with Gasteiger partial charge in [-0.15, -0.1) is 0 Å². The summed E-state index contributed by atoms with van der Waals surface area (Å²) in [6.07, 6.45) is -6.05. The van der Waals surface area contributed by atoms with E-state index in [9.17, 15) is 60.3 Å². The fourth-order valence-corrected chi connectivity index (χ4v) is 9.05. The Morgan fingerprint density at radius 3 is 1.70 bits per heavy atom. The van der Waals surface area contributed by atoms with Crippen LogP contribution in [0.2, 0.25) is 0 Å². The van der Waals surface area contributed by atoms with Gasteiger partial charge in [-0.25, -0.2) is 4.79 Å². The van der Waals surface area contributed by atoms with Gasteiger partial charge in [-0.2, -0.15) is 0 Å². The summed E-state index contributed by atoms with van der Waals surface area (Å²) in [5.41, 5.74) is 0. The molecule has 0 aromatic heterocycles. The van der Waals surface area contributed by atoms with Gasteiger partial charge in [0, 0.05) is 13.3 Å². The molecule has 21 nitrogen and oxygen atoms in total. The highest BCUT2D eigenvalue weighted by molar-refractivity contribution is 5.71. The quantitative estimate of drug-likeness (QED) is 0.0318. The van der Waals surface area contributed by atoms with Crippen molar-refractivity contribution in [2.24, 2.45) is 5.92 Å². The van der Waals surface area contributed by atoms with E-state index in [-0.39, 0.29) is 25.6 Å². The van der Waals surface area contributed by atoms with Gasteiger partial charge in [0.15, 0.2) is 24.8 Å². The average molecular weight is 1030 g/mol. The van der Waals surface area contributed by atoms with Crippen LogP contribution in [0.3, 0.4) is 0 Å². The van der Waals surface area contributed by atoms with Crippen LogP contribution in [0.5, 0.6) is 0 Å². The second kappa shape index (κ2) is 34.4. The Morgan fingerprint density at radius 2 is 1.14 bits per heavy atom. The van der Waals surface area contributed by atoms with Crippen molar-refractivity contribution in [1.82, 2.24) is 0 Å². The van der Waals surface area contributed by atoms with Gasteiger partial charge in [0.1, 0.15) is 67.6 Å². The third kappa shape index (κ3) is 23.1. The van der Waals surface area contributed by atoms with Crippen LogP contribution >= 0.6 is 0 Å². The molecule has 0 amide bonds. The second-order valence-corrected chi connectivity index (χ2v) is 20.1. The van der Waals surface area contributed by atoms with E-state index >= 15 is 0 Å². The fraction of sp³-hybridized carbons (Fsp3) is 0.940. The molecule has 0 saturated carbocycles. The molecule has 3 saturated heterocycles. The van der Waals surface area contributed by atoms with Gasteiger partial charge in [-0.3, -0.25) is 9.59 Å². The number of carbonyl (C=O) groups excluding carboxylic acids is 2. The molecule has 0 spiro atoms. The Kier molecular flexibility index (Phi) is 30.6. The Labute approximate surface area is 419 Å². The van der Waals surface area contributed by atoms with E-state index in [1.165, 1.54) is 0 Å². The molecule has 3 heterocycles. The number of unbranched alkanes of at least 4 members (excludes halogenated alkanes) is 12. The molecule has 4 unspecified atom stereocenters. The fourth-order valence-electron chi connectivity index (χ4n) is 9.05. The van der Waals surface area contributed by atoms with Crippen LogP contribution < -0.4 is 0 Å². The molecule has 3 fully saturated rings. The molecule has 0 radical (unpaired) electrons. The summed E-state index contributed by atoms with van der Waals surface area (Å²) in [7, 11) is 0. The number of esters is 2. The van der Waals surface area contributed by atoms with Crippen molar-refractivity contribution in [1.29, 1.82) is 0 Å². The maximum Gasteiger partial charge on any atom is 0.332 e. The van der Waals surface area contributed by atoms with Crippen molar-refractivity contribution in [2.75, 3.05) is 26.4 Å². The third-order valence-corrected chi connectivity index (χ3v) is 13.4. The molecule has 416 valence electrons. The van der Waals surface area contributed by atoms with Crippen molar-refractivity contribution >= 4 is 17.9 Å². The lowest BCUT2D eigenvalue weighted by molar-refractivity contribution is -0.355. The maximum atomic E-state index is 12.2. The van der Waals surface area contributed by atoms with Gasteiger partial charge in [0.05, 0.1) is 38.1 Å². The first-order chi connectivity index (χ1) is 33.8. The summed E-state index contributed by atoms with van der Waals surface area (Å²) >= 11 is 0. The standard InChI is InChI=1S/C50H90O21/c1-5-6-20-32(21-19-24-34(53)33(52)22-17-15-13-11-9-7-8-10-12-14-16-18-23-35(54)48(62)63)69-50-47(41(57)36(55)26-66-50)71-49-46(44(60)39(29-67-49)68-31(4)51)65-28-38-43(59)45(61)42(58)37(70-38)27-64-40(56)25-30(2)3/h30,32-39,41-47,49-50,52-55,57-61H,5-29H2,1-4H3,(H,62,63)/t32?,33-,34-,35+,36-,37-,38?,39-,41+,42-,43+,44+,45+,46-,47-,49?,50?/m0/s1. The predicted octanol–water partition coefficient (Wildman–Crippen LogP) is 2.30. The third-order valence-electron chi connectivity index (χ3n) is 13.4. The zero-order valence-corrected chi connectivity index (χ0v) is 42.5. The van der Waals surface area contributed by atoms with Gasteiger partial charge in [0.2, 0.25) is 0 Å². The van der Waals surface area contributed by atoms with E-state index in [1.807, 2.05) is 20.8 Å². The van der Waals surface area contributed by atoms with Crippen LogP contribution in [0.25, 0.3) is 0 Å². The number of aliphatic carboxylic acids is 1. The molecule has 21 heteroatoms. The minimum Gasteiger partial charge on any atom is -0.479 e. The number of rotatable bonds is 36. The summed E-state index contributed by atoms with van der Waals surface area (Å²) in [6.45, 7) is 5.15. The topological polar surface area (TPSA) is 327 Å². The minimum absolute atomic E-state index is 0.000790. The Hall–Kier alpha value is -2.19. The highest BCUT2D eigenvalue weighted by atomic mass is 16.8. The van der Waals surface area contributed by atoms with Crippen LogP contribution in [0.1, 0.15) is 163 Å². The van der Waals surface area contributed by atoms with Crippen LogP contribution in [0.15, 0.2) is 0 Å². The largest absolute Gasteiger partial charge is 0.479 e. The van der Waals surface area contributed by atoms with Gasteiger partial charge < -0.3 is 89.0 Å². The summed E-state index contributed by atoms with van der Waals surface area (Å²) in [6, 6.07) is 0. The number of aliphatic hydroxyl groups is 9. The van der Waals surface area contributed by atoms with Crippen molar-refractivity contribution in [2.45, 2.75) is 267 Å². The van der Waals surface area contributed by atoms with Crippen molar-refractivity contribution in [3.05, 3.63) is 0 Å². The number of hydrogen-bond acceptors (Lipinski definition) is 20. The second-order valence-electron chi connectivity index (χ2n) is 20.1. The molecule has 0 aromatic carbocycles. The first-order valence-electron chi connectivity index (χ1n) is 26.3. The Morgan fingerprint density at radius 1 is 0.606 bits per heavy atom. The zero-order valence-electron chi connectivity index (χ0n) is 42.5. The summed E-state index contributed by atoms with van der Waals surface area (Å²) in [4.78, 5) is 34.8. The lowest BCUT2D eigenvalue weighted by Crippen LogP contribution is -2.63. The van der Waals surface area contributed by atoms with Gasteiger partial charge in [-0.05, 0) is 44.4 Å². The molecule has 10 N–H and O–H groups in total. The molecule has 0 aromatic rings. The molecule has 3 aliphatic rings. The smallest absolute Gasteiger partial charge is 0.332 e. The summed E-state index contributed by atoms with van der Waals surface area (Å²) < 4.78 is 46.8. The van der Waals surface area contributed by atoms with Gasteiger partial charge in [-0.1, -0.05) is 111 Å². The number of ether oxygens (including phenoxy) is 8. The van der Waals surface area contributed by atoms with E-state index in [0.29, 0.717) is 38.5 Å². The van der Waals surface area contributed by atoms with Crippen LogP contribution in [-0.2, 0) is 52.3 Å². The van der Waals surface area contributed by atoms with Crippen molar-refractivity contribution < 1.29 is 103 Å². The minimum atomic E-state index is -1.73. The van der Waals surface area contributed by atoms with Gasteiger partial charge >= 0.3 is 17.9 Å². The molecule has 3 rings (SSSR count). The first kappa shape index (κ1) is 63.1. The van der Waals surface area contributed by atoms with Crippen molar-refractivity contribution in [3.8, 4) is 0 Å². The normalized spacial score (nSPS) is 30.9. The van der Waals surface area contributed by atoms with Gasteiger partial charge in [0.25, 0.3) is 0 Å². The monoisotopic (exact) mass is 1030 g/mol. The molecule has 3 aliphatic heterocycles. The molecular weight excluding hydrogens is 937 g/mol. The van der Waals surface area contributed by atoms with Crippen LogP contribution in [0, 0.1) is 5.92 Å². The molecule has 0 bridgehead atoms. The number of aliphatic hydroxyl groups excluding tert-OH is 9. The Balaban J connectivity index is 1.52. The van der Waals surface area contributed by atoms with Crippen molar-refractivity contribution in [3.63, 3.8) is 0 Å².